The molecule has 0 saturated heterocycles. The van der Waals surface area contributed by atoms with E-state index in [9.17, 15) is 4.79 Å². The van der Waals surface area contributed by atoms with Crippen LogP contribution in [0.1, 0.15) is 32.4 Å². The topological polar surface area (TPSA) is 56.7 Å². The van der Waals surface area contributed by atoms with E-state index in [2.05, 4.69) is 58.9 Å². The minimum Gasteiger partial charge on any atom is -0.354 e. The highest BCUT2D eigenvalue weighted by Gasteiger charge is 2.12. The van der Waals surface area contributed by atoms with E-state index in [4.69, 9.17) is 0 Å². The van der Waals surface area contributed by atoms with E-state index in [-0.39, 0.29) is 24.5 Å². The molecule has 0 saturated carbocycles. The van der Waals surface area contributed by atoms with Gasteiger partial charge in [0.2, 0.25) is 5.91 Å². The van der Waals surface area contributed by atoms with Crippen LogP contribution in [0.2, 0.25) is 0 Å². The molecule has 5 heteroatoms. The number of nitrogens with one attached hydrogen (secondary N) is 2. The van der Waals surface area contributed by atoms with Crippen molar-refractivity contribution in [1.29, 1.82) is 0 Å². The number of likely N-dealkylation sites (N-methyl/N-ethyl adjacent to an activating group) is 1. The van der Waals surface area contributed by atoms with Crippen molar-refractivity contribution >= 4 is 22.6 Å². The summed E-state index contributed by atoms with van der Waals surface area (Å²) < 4.78 is 0. The van der Waals surface area contributed by atoms with Gasteiger partial charge in [0.15, 0.2) is 5.96 Å². The predicted molar refractivity (Wildman–Crippen MR) is 105 cm³/mol. The number of rotatable bonds is 5. The van der Waals surface area contributed by atoms with Crippen LogP contribution < -0.4 is 10.6 Å². The maximum Gasteiger partial charge on any atom is 0.243 e. The lowest BCUT2D eigenvalue weighted by Crippen LogP contribution is -2.43. The Morgan fingerprint density at radius 2 is 1.72 bits per heavy atom. The van der Waals surface area contributed by atoms with Gasteiger partial charge in [0.25, 0.3) is 0 Å². The fourth-order valence-electron chi connectivity index (χ4n) is 2.61. The van der Waals surface area contributed by atoms with Gasteiger partial charge in [-0.2, -0.15) is 0 Å². The average molecular weight is 340 g/mol. The number of hydrogen-bond acceptors (Lipinski definition) is 2. The molecule has 0 radical (unpaired) electrons. The molecular formula is C20H28N4O. The van der Waals surface area contributed by atoms with Crippen LogP contribution in [0.5, 0.6) is 0 Å². The zero-order valence-corrected chi connectivity index (χ0v) is 15.7. The Balaban J connectivity index is 2.22. The van der Waals surface area contributed by atoms with E-state index in [0.29, 0.717) is 5.96 Å². The highest BCUT2D eigenvalue weighted by atomic mass is 16.2. The first kappa shape index (κ1) is 18.8. The van der Waals surface area contributed by atoms with E-state index in [1.165, 1.54) is 16.3 Å². The molecule has 2 N–H and O–H groups in total. The molecule has 0 spiro atoms. The molecule has 0 aliphatic carbocycles. The zero-order valence-electron chi connectivity index (χ0n) is 15.7. The van der Waals surface area contributed by atoms with Crippen molar-refractivity contribution in [2.75, 3.05) is 20.6 Å². The lowest BCUT2D eigenvalue weighted by Gasteiger charge is -2.21. The molecule has 5 nitrogen and oxygen atoms in total. The minimum absolute atomic E-state index is 0.0253. The number of amides is 1. The summed E-state index contributed by atoms with van der Waals surface area (Å²) in [7, 11) is 3.47. The number of hydrogen-bond donors (Lipinski definition) is 2. The molecule has 0 heterocycles. The van der Waals surface area contributed by atoms with Gasteiger partial charge in [-0.3, -0.25) is 4.79 Å². The largest absolute Gasteiger partial charge is 0.354 e. The second-order valence-corrected chi connectivity index (χ2v) is 6.69. The van der Waals surface area contributed by atoms with Gasteiger partial charge in [0.1, 0.15) is 6.54 Å². The smallest absolute Gasteiger partial charge is 0.243 e. The van der Waals surface area contributed by atoms with Crippen LogP contribution in [-0.2, 0) is 4.79 Å². The molecule has 25 heavy (non-hydrogen) atoms. The Morgan fingerprint density at radius 1 is 1.04 bits per heavy atom. The van der Waals surface area contributed by atoms with Gasteiger partial charge < -0.3 is 15.5 Å². The van der Waals surface area contributed by atoms with Crippen molar-refractivity contribution in [3.05, 3.63) is 48.0 Å². The van der Waals surface area contributed by atoms with Crippen LogP contribution in [0.25, 0.3) is 10.8 Å². The fraction of sp³-hybridized carbons (Fsp3) is 0.400. The summed E-state index contributed by atoms with van der Waals surface area (Å²) in [5.74, 6) is 0.619. The van der Waals surface area contributed by atoms with Crippen molar-refractivity contribution in [3.63, 3.8) is 0 Å². The molecule has 0 bridgehead atoms. The molecule has 1 atom stereocenters. The Morgan fingerprint density at radius 3 is 2.40 bits per heavy atom. The van der Waals surface area contributed by atoms with E-state index in [1.807, 2.05) is 19.9 Å². The number of fused-ring (bicyclic) bond motifs is 1. The summed E-state index contributed by atoms with van der Waals surface area (Å²) in [4.78, 5) is 17.8. The third kappa shape index (κ3) is 5.21. The Labute approximate surface area is 150 Å². The number of aliphatic imine (C=N–C) groups is 1. The van der Waals surface area contributed by atoms with Crippen molar-refractivity contribution in [3.8, 4) is 0 Å². The Hall–Kier alpha value is -2.56. The first-order chi connectivity index (χ1) is 11.9. The van der Waals surface area contributed by atoms with Crippen molar-refractivity contribution in [2.45, 2.75) is 32.9 Å². The number of guanidine groups is 1. The van der Waals surface area contributed by atoms with Crippen molar-refractivity contribution in [2.24, 2.45) is 4.99 Å². The highest BCUT2D eigenvalue weighted by molar-refractivity contribution is 5.88. The number of nitrogens with zero attached hydrogens (tertiary/aromatic N) is 2. The van der Waals surface area contributed by atoms with Gasteiger partial charge in [0.05, 0.1) is 6.04 Å². The van der Waals surface area contributed by atoms with Crippen molar-refractivity contribution < 1.29 is 4.79 Å². The molecular weight excluding hydrogens is 312 g/mol. The SMILES string of the molecule is CC(C)NC(=NCC(=O)N(C)C)NC(C)c1cccc2ccccc12. The summed E-state index contributed by atoms with van der Waals surface area (Å²) in [6, 6.07) is 14.9. The second-order valence-electron chi connectivity index (χ2n) is 6.69. The maximum absolute atomic E-state index is 11.8. The molecule has 1 amide bonds. The number of benzene rings is 2. The van der Waals surface area contributed by atoms with Crippen molar-refractivity contribution in [1.82, 2.24) is 15.5 Å². The fourth-order valence-corrected chi connectivity index (χ4v) is 2.61. The van der Waals surface area contributed by atoms with E-state index in [0.717, 1.165) is 0 Å². The zero-order chi connectivity index (χ0) is 18.4. The molecule has 2 aromatic rings. The number of carbonyl (C=O) groups is 1. The summed E-state index contributed by atoms with van der Waals surface area (Å²) in [5, 5.41) is 9.15. The Bertz CT molecular complexity index is 747. The van der Waals surface area contributed by atoms with Crippen LogP contribution >= 0.6 is 0 Å². The van der Waals surface area contributed by atoms with Gasteiger partial charge in [-0.05, 0) is 37.1 Å². The lowest BCUT2D eigenvalue weighted by molar-refractivity contribution is -0.127. The normalized spacial score (nSPS) is 13.0. The summed E-state index contributed by atoms with van der Waals surface area (Å²) in [5.41, 5.74) is 1.20. The molecule has 0 fully saturated rings. The van der Waals surface area contributed by atoms with Crippen LogP contribution in [0.3, 0.4) is 0 Å². The van der Waals surface area contributed by atoms with Gasteiger partial charge in [0, 0.05) is 20.1 Å². The molecule has 134 valence electrons. The summed E-state index contributed by atoms with van der Waals surface area (Å²) in [6.07, 6.45) is 0. The Kier molecular flexibility index (Phi) is 6.39. The third-order valence-corrected chi connectivity index (χ3v) is 3.94. The highest BCUT2D eigenvalue weighted by Crippen LogP contribution is 2.23. The van der Waals surface area contributed by atoms with Gasteiger partial charge in [-0.1, -0.05) is 42.5 Å². The van der Waals surface area contributed by atoms with Crippen LogP contribution in [-0.4, -0.2) is 43.4 Å². The predicted octanol–water partition coefficient (Wildman–Crippen LogP) is 2.93. The van der Waals surface area contributed by atoms with E-state index >= 15 is 0 Å². The van der Waals surface area contributed by atoms with Crippen LogP contribution in [0.15, 0.2) is 47.5 Å². The monoisotopic (exact) mass is 340 g/mol. The quantitative estimate of drug-likeness (QED) is 0.650. The molecule has 2 rings (SSSR count). The average Bonchev–Trinajstić information content (AvgIpc) is 2.58. The summed E-state index contributed by atoms with van der Waals surface area (Å²) >= 11 is 0. The van der Waals surface area contributed by atoms with E-state index in [1.54, 1.807) is 19.0 Å². The molecule has 2 aromatic carbocycles. The van der Waals surface area contributed by atoms with Crippen LogP contribution in [0, 0.1) is 0 Å². The van der Waals surface area contributed by atoms with Gasteiger partial charge in [-0.15, -0.1) is 0 Å². The maximum atomic E-state index is 11.8. The van der Waals surface area contributed by atoms with E-state index < -0.39 is 0 Å². The minimum atomic E-state index is -0.0253. The van der Waals surface area contributed by atoms with Gasteiger partial charge >= 0.3 is 0 Å². The third-order valence-electron chi connectivity index (χ3n) is 3.94. The first-order valence-electron chi connectivity index (χ1n) is 8.63. The molecule has 1 unspecified atom stereocenters. The lowest BCUT2D eigenvalue weighted by atomic mass is 10.00. The molecule has 0 aliphatic heterocycles. The first-order valence-corrected chi connectivity index (χ1v) is 8.63. The molecule has 0 aromatic heterocycles. The summed E-state index contributed by atoms with van der Waals surface area (Å²) in [6.45, 7) is 6.32. The number of carbonyl (C=O) groups excluding carboxylic acids is 1. The molecule has 0 aliphatic rings. The van der Waals surface area contributed by atoms with Gasteiger partial charge in [-0.25, -0.2) is 4.99 Å². The van der Waals surface area contributed by atoms with Crippen LogP contribution in [0.4, 0.5) is 0 Å². The second kappa shape index (κ2) is 8.51. The standard InChI is InChI=1S/C20H28N4O/c1-14(2)22-20(21-13-19(25)24(4)5)23-15(3)17-12-8-10-16-9-6-7-11-18(16)17/h6-12,14-15H,13H2,1-5H3,(H2,21,22,23).